The second-order valence-electron chi connectivity index (χ2n) is 7.71. The fourth-order valence-electron chi connectivity index (χ4n) is 3.62. The van der Waals surface area contributed by atoms with Gasteiger partial charge < -0.3 is 20.3 Å². The molecule has 0 aromatic heterocycles. The standard InChI is InChI=1S/C19H36N4O2.HI/c1-4-5-15-6-8-17(9-7-15)22-19(21-13-18(24)23(2)3)20-12-16-10-11-25-14-16;/h15-17H,4-14H2,1-3H3,(H2,20,21,22);1H. The van der Waals surface area contributed by atoms with E-state index in [0.29, 0.717) is 12.0 Å². The minimum absolute atomic E-state index is 0. The number of ether oxygens (including phenoxy) is 1. The number of amides is 1. The molecule has 0 bridgehead atoms. The van der Waals surface area contributed by atoms with E-state index in [1.807, 2.05) is 0 Å². The molecule has 1 saturated carbocycles. The molecule has 7 heteroatoms. The maximum Gasteiger partial charge on any atom is 0.243 e. The van der Waals surface area contributed by atoms with Crippen LogP contribution in [0.25, 0.3) is 0 Å². The molecule has 2 fully saturated rings. The van der Waals surface area contributed by atoms with Crippen molar-refractivity contribution >= 4 is 35.8 Å². The number of carbonyl (C=O) groups is 1. The van der Waals surface area contributed by atoms with E-state index < -0.39 is 0 Å². The number of likely N-dealkylation sites (N-methyl/N-ethyl adjacent to an activating group) is 1. The number of halogens is 1. The Bertz CT molecular complexity index is 431. The summed E-state index contributed by atoms with van der Waals surface area (Å²) in [6.07, 6.45) is 8.72. The maximum atomic E-state index is 11.9. The molecule has 2 N–H and O–H groups in total. The summed E-state index contributed by atoms with van der Waals surface area (Å²) in [6.45, 7) is 4.99. The molecule has 2 aliphatic rings. The van der Waals surface area contributed by atoms with Gasteiger partial charge >= 0.3 is 0 Å². The van der Waals surface area contributed by atoms with Crippen molar-refractivity contribution in [3.63, 3.8) is 0 Å². The highest BCUT2D eigenvalue weighted by atomic mass is 127. The Hall–Kier alpha value is -0.570. The van der Waals surface area contributed by atoms with Crippen LogP contribution in [0.3, 0.4) is 0 Å². The third-order valence-electron chi connectivity index (χ3n) is 5.34. The fourth-order valence-corrected chi connectivity index (χ4v) is 3.62. The summed E-state index contributed by atoms with van der Waals surface area (Å²) < 4.78 is 5.44. The average Bonchev–Trinajstić information content (AvgIpc) is 3.12. The van der Waals surface area contributed by atoms with Crippen LogP contribution in [0.1, 0.15) is 51.9 Å². The van der Waals surface area contributed by atoms with Gasteiger partial charge in [0.15, 0.2) is 5.96 Å². The lowest BCUT2D eigenvalue weighted by Crippen LogP contribution is -2.46. The molecule has 1 saturated heterocycles. The molecule has 1 unspecified atom stereocenters. The highest BCUT2D eigenvalue weighted by Gasteiger charge is 2.22. The van der Waals surface area contributed by atoms with Gasteiger partial charge in [-0.05, 0) is 38.0 Å². The Balaban J connectivity index is 0.00000338. The minimum Gasteiger partial charge on any atom is -0.381 e. The smallest absolute Gasteiger partial charge is 0.243 e. The first-order valence-electron chi connectivity index (χ1n) is 9.91. The molecule has 0 radical (unpaired) electrons. The zero-order valence-corrected chi connectivity index (χ0v) is 19.0. The van der Waals surface area contributed by atoms with Crippen molar-refractivity contribution in [2.45, 2.75) is 57.9 Å². The molecule has 1 heterocycles. The molecule has 0 spiro atoms. The SMILES string of the molecule is CCCC1CCC(NC(=NCC(=O)N(C)C)NCC2CCOC2)CC1.I. The number of aliphatic imine (C=N–C) groups is 1. The summed E-state index contributed by atoms with van der Waals surface area (Å²) >= 11 is 0. The van der Waals surface area contributed by atoms with E-state index in [9.17, 15) is 4.79 Å². The molecular formula is C19H37IN4O2. The molecule has 1 atom stereocenters. The molecule has 6 nitrogen and oxygen atoms in total. The van der Waals surface area contributed by atoms with Gasteiger partial charge in [-0.2, -0.15) is 0 Å². The van der Waals surface area contributed by atoms with Gasteiger partial charge in [0.25, 0.3) is 0 Å². The topological polar surface area (TPSA) is 66.0 Å². The van der Waals surface area contributed by atoms with Crippen molar-refractivity contribution in [1.29, 1.82) is 0 Å². The summed E-state index contributed by atoms with van der Waals surface area (Å²) in [5.41, 5.74) is 0. The zero-order chi connectivity index (χ0) is 18.1. The maximum absolute atomic E-state index is 11.9. The third kappa shape index (κ3) is 8.41. The molecule has 1 amide bonds. The van der Waals surface area contributed by atoms with Crippen LogP contribution < -0.4 is 10.6 Å². The van der Waals surface area contributed by atoms with Gasteiger partial charge in [-0.3, -0.25) is 4.79 Å². The molecule has 0 aromatic rings. The summed E-state index contributed by atoms with van der Waals surface area (Å²) in [4.78, 5) is 18.0. The predicted molar refractivity (Wildman–Crippen MR) is 117 cm³/mol. The van der Waals surface area contributed by atoms with E-state index in [4.69, 9.17) is 4.74 Å². The van der Waals surface area contributed by atoms with E-state index in [1.54, 1.807) is 19.0 Å². The van der Waals surface area contributed by atoms with Crippen molar-refractivity contribution < 1.29 is 9.53 Å². The van der Waals surface area contributed by atoms with E-state index in [-0.39, 0.29) is 36.4 Å². The molecule has 1 aliphatic heterocycles. The molecule has 2 rings (SSSR count). The molecule has 0 aromatic carbocycles. The monoisotopic (exact) mass is 480 g/mol. The van der Waals surface area contributed by atoms with Crippen LogP contribution in [0.15, 0.2) is 4.99 Å². The molecule has 152 valence electrons. The second-order valence-corrected chi connectivity index (χ2v) is 7.71. The van der Waals surface area contributed by atoms with Crippen LogP contribution in [-0.2, 0) is 9.53 Å². The van der Waals surface area contributed by atoms with E-state index in [1.165, 1.54) is 38.5 Å². The Morgan fingerprint density at radius 2 is 1.88 bits per heavy atom. The normalized spacial score (nSPS) is 26.1. The van der Waals surface area contributed by atoms with Crippen LogP contribution >= 0.6 is 24.0 Å². The summed E-state index contributed by atoms with van der Waals surface area (Å²) in [6, 6.07) is 0.466. The van der Waals surface area contributed by atoms with Gasteiger partial charge in [-0.15, -0.1) is 24.0 Å². The molecular weight excluding hydrogens is 443 g/mol. The Morgan fingerprint density at radius 3 is 2.46 bits per heavy atom. The van der Waals surface area contributed by atoms with Crippen LogP contribution in [0, 0.1) is 11.8 Å². The van der Waals surface area contributed by atoms with Crippen LogP contribution in [-0.4, -0.2) is 63.2 Å². The van der Waals surface area contributed by atoms with Crippen LogP contribution in [0.2, 0.25) is 0 Å². The minimum atomic E-state index is 0. The first kappa shape index (κ1) is 23.5. The van der Waals surface area contributed by atoms with Crippen molar-refractivity contribution in [2.24, 2.45) is 16.8 Å². The highest BCUT2D eigenvalue weighted by molar-refractivity contribution is 14.0. The lowest BCUT2D eigenvalue weighted by Gasteiger charge is -2.30. The quantitative estimate of drug-likeness (QED) is 0.334. The lowest BCUT2D eigenvalue weighted by atomic mass is 9.83. The van der Waals surface area contributed by atoms with E-state index in [0.717, 1.165) is 38.1 Å². The Labute approximate surface area is 175 Å². The van der Waals surface area contributed by atoms with Crippen molar-refractivity contribution in [2.75, 3.05) is 40.4 Å². The Kier molecular flexibility index (Phi) is 11.5. The van der Waals surface area contributed by atoms with Gasteiger partial charge in [0.1, 0.15) is 6.54 Å². The van der Waals surface area contributed by atoms with Gasteiger partial charge in [0.05, 0.1) is 6.61 Å². The van der Waals surface area contributed by atoms with Crippen LogP contribution in [0.5, 0.6) is 0 Å². The summed E-state index contributed by atoms with van der Waals surface area (Å²) in [7, 11) is 3.53. The van der Waals surface area contributed by atoms with Gasteiger partial charge in [0, 0.05) is 39.2 Å². The highest BCUT2D eigenvalue weighted by Crippen LogP contribution is 2.27. The number of carbonyl (C=O) groups excluding carboxylic acids is 1. The first-order valence-corrected chi connectivity index (χ1v) is 9.91. The van der Waals surface area contributed by atoms with Crippen molar-refractivity contribution in [1.82, 2.24) is 15.5 Å². The number of guanidine groups is 1. The van der Waals surface area contributed by atoms with E-state index in [2.05, 4.69) is 22.5 Å². The number of hydrogen-bond acceptors (Lipinski definition) is 3. The summed E-state index contributed by atoms with van der Waals surface area (Å²) in [5.74, 6) is 2.23. The van der Waals surface area contributed by atoms with Gasteiger partial charge in [-0.1, -0.05) is 19.8 Å². The van der Waals surface area contributed by atoms with Crippen LogP contribution in [0.4, 0.5) is 0 Å². The first-order chi connectivity index (χ1) is 12.1. The molecule has 1 aliphatic carbocycles. The van der Waals surface area contributed by atoms with Gasteiger partial charge in [0.2, 0.25) is 5.91 Å². The van der Waals surface area contributed by atoms with Crippen molar-refractivity contribution in [3.05, 3.63) is 0 Å². The second kappa shape index (κ2) is 12.8. The third-order valence-corrected chi connectivity index (χ3v) is 5.34. The number of nitrogens with zero attached hydrogens (tertiary/aromatic N) is 2. The van der Waals surface area contributed by atoms with E-state index >= 15 is 0 Å². The van der Waals surface area contributed by atoms with Crippen molar-refractivity contribution in [3.8, 4) is 0 Å². The predicted octanol–water partition coefficient (Wildman–Crippen LogP) is 2.62. The Morgan fingerprint density at radius 1 is 1.15 bits per heavy atom. The fraction of sp³-hybridized carbons (Fsp3) is 0.895. The number of hydrogen-bond donors (Lipinski definition) is 2. The zero-order valence-electron chi connectivity index (χ0n) is 16.6. The summed E-state index contributed by atoms with van der Waals surface area (Å²) in [5, 5.41) is 6.99. The largest absolute Gasteiger partial charge is 0.381 e. The lowest BCUT2D eigenvalue weighted by molar-refractivity contribution is -0.127. The van der Waals surface area contributed by atoms with Gasteiger partial charge in [-0.25, -0.2) is 4.99 Å². The molecule has 26 heavy (non-hydrogen) atoms. The number of nitrogens with one attached hydrogen (secondary N) is 2. The average molecular weight is 480 g/mol. The number of rotatable bonds is 7.